The molecule has 0 saturated heterocycles. The fourth-order valence-corrected chi connectivity index (χ4v) is 10.8. The fraction of sp³-hybridized carbons (Fsp3) is 0.605. The third-order valence-electron chi connectivity index (χ3n) is 13.8. The number of nitrogens with zero attached hydrogens (tertiary/aromatic N) is 1. The Bertz CT molecular complexity index is 1570. The summed E-state index contributed by atoms with van der Waals surface area (Å²) in [7, 11) is 1.74. The first-order valence-corrected chi connectivity index (χ1v) is 17.0. The van der Waals surface area contributed by atoms with Crippen LogP contribution < -0.4 is 16.8 Å². The second-order valence-corrected chi connectivity index (χ2v) is 15.8. The van der Waals surface area contributed by atoms with Gasteiger partial charge < -0.3 is 16.8 Å². The average molecular weight is 613 g/mol. The highest BCUT2D eigenvalue weighted by atomic mass is 16.2. The third kappa shape index (κ3) is 4.43. The van der Waals surface area contributed by atoms with Crippen LogP contribution >= 0.6 is 0 Å². The molecule has 6 rings (SSSR count). The number of benzene rings is 2. The van der Waals surface area contributed by atoms with Crippen molar-refractivity contribution < 1.29 is 14.4 Å². The first kappa shape index (κ1) is 31.8. The van der Waals surface area contributed by atoms with Gasteiger partial charge in [-0.15, -0.1) is 0 Å². The van der Waals surface area contributed by atoms with Crippen LogP contribution in [0.4, 0.5) is 11.4 Å². The smallest absolute Gasteiger partial charge is 0.238 e. The summed E-state index contributed by atoms with van der Waals surface area (Å²) in [4.78, 5) is 43.3. The molecular formula is C38H52N4O3. The molecule has 0 heterocycles. The Morgan fingerprint density at radius 1 is 0.844 bits per heavy atom. The van der Waals surface area contributed by atoms with E-state index in [9.17, 15) is 14.4 Å². The molecule has 0 aromatic heterocycles. The summed E-state index contributed by atoms with van der Waals surface area (Å²) in [5.41, 5.74) is 16.3. The molecule has 5 N–H and O–H groups in total. The fourth-order valence-electron chi connectivity index (χ4n) is 10.8. The molecule has 0 bridgehead atoms. The molecule has 2 fully saturated rings. The second-order valence-electron chi connectivity index (χ2n) is 15.8. The first-order valence-electron chi connectivity index (χ1n) is 17.0. The largest absolute Gasteiger partial charge is 0.399 e. The lowest BCUT2D eigenvalue weighted by Gasteiger charge is -2.63. The summed E-state index contributed by atoms with van der Waals surface area (Å²) in [6.45, 7) is 11.1. The van der Waals surface area contributed by atoms with Gasteiger partial charge >= 0.3 is 0 Å². The second kappa shape index (κ2) is 10.7. The minimum Gasteiger partial charge on any atom is -0.399 e. The number of fused-ring (bicyclic) bond motifs is 6. The number of nitrogens with one attached hydrogen (secondary N) is 1. The van der Waals surface area contributed by atoms with E-state index in [4.69, 9.17) is 11.5 Å². The van der Waals surface area contributed by atoms with Crippen molar-refractivity contribution in [1.29, 1.82) is 0 Å². The summed E-state index contributed by atoms with van der Waals surface area (Å²) in [6.07, 6.45) is 8.93. The van der Waals surface area contributed by atoms with Crippen LogP contribution in [0.25, 0.3) is 0 Å². The van der Waals surface area contributed by atoms with Crippen molar-refractivity contribution in [3.8, 4) is 0 Å². The quantitative estimate of drug-likeness (QED) is 0.278. The number of rotatable bonds is 4. The van der Waals surface area contributed by atoms with E-state index in [1.165, 1.54) is 27.2 Å². The lowest BCUT2D eigenvalue weighted by Crippen LogP contribution is -2.64. The molecule has 4 aliphatic rings. The molecule has 7 heteroatoms. The number of aryl methyl sites for hydroxylation is 2. The van der Waals surface area contributed by atoms with Crippen LogP contribution in [0, 0.1) is 22.2 Å². The summed E-state index contributed by atoms with van der Waals surface area (Å²) < 4.78 is 0. The maximum absolute atomic E-state index is 14.9. The van der Waals surface area contributed by atoms with Crippen molar-refractivity contribution in [2.24, 2.45) is 27.9 Å². The molecule has 3 amide bonds. The number of amides is 3. The van der Waals surface area contributed by atoms with Gasteiger partial charge in [0.05, 0.1) is 17.4 Å². The highest BCUT2D eigenvalue weighted by molar-refractivity contribution is 6.01. The Morgan fingerprint density at radius 3 is 2.27 bits per heavy atom. The minimum absolute atomic E-state index is 0.0316. The van der Waals surface area contributed by atoms with E-state index in [1.54, 1.807) is 7.05 Å². The lowest BCUT2D eigenvalue weighted by molar-refractivity contribution is -0.171. The zero-order chi connectivity index (χ0) is 32.6. The molecule has 4 aliphatic carbocycles. The lowest BCUT2D eigenvalue weighted by atomic mass is 9.41. The number of nitrogen functional groups attached to an aromatic ring is 1. The summed E-state index contributed by atoms with van der Waals surface area (Å²) in [5.74, 6) is -0.166. The molecule has 2 saturated carbocycles. The van der Waals surface area contributed by atoms with E-state index < -0.39 is 10.8 Å². The van der Waals surface area contributed by atoms with Crippen molar-refractivity contribution >= 4 is 29.1 Å². The normalized spacial score (nSPS) is 35.2. The topological polar surface area (TPSA) is 119 Å². The van der Waals surface area contributed by atoms with Crippen molar-refractivity contribution in [1.82, 2.24) is 4.90 Å². The number of imide groups is 1. The van der Waals surface area contributed by atoms with Gasteiger partial charge in [-0.05, 0) is 120 Å². The van der Waals surface area contributed by atoms with E-state index in [0.29, 0.717) is 0 Å². The Kier molecular flexibility index (Phi) is 7.54. The van der Waals surface area contributed by atoms with Gasteiger partial charge in [0, 0.05) is 18.4 Å². The number of hydrogen-bond acceptors (Lipinski definition) is 5. The van der Waals surface area contributed by atoms with Gasteiger partial charge in [0.15, 0.2) is 0 Å². The number of hydrogen-bond donors (Lipinski definition) is 3. The van der Waals surface area contributed by atoms with Gasteiger partial charge in [-0.1, -0.05) is 59.6 Å². The summed E-state index contributed by atoms with van der Waals surface area (Å²) in [6, 6.07) is 12.5. The van der Waals surface area contributed by atoms with Crippen LogP contribution in [0.1, 0.15) is 108 Å². The van der Waals surface area contributed by atoms with E-state index >= 15 is 0 Å². The van der Waals surface area contributed by atoms with Crippen LogP contribution in [-0.4, -0.2) is 36.2 Å². The number of carbonyl (C=O) groups excluding carboxylic acids is 3. The predicted molar refractivity (Wildman–Crippen MR) is 180 cm³/mol. The summed E-state index contributed by atoms with van der Waals surface area (Å²) in [5, 5.41) is 2.93. The molecule has 2 aromatic carbocycles. The SMILES string of the molecule is CN(C(=O)[C@@]1(C)CCC[C@]2(C)c3cc(N)ccc3CC[C@@H]12)C(=O)[C@@]1(C)CCC[C@]2(C)c3cc(NC(=O)CN)ccc3CC[C@@]12C. The average Bonchev–Trinajstić information content (AvgIpc) is 3.01. The number of carbonyl (C=O) groups is 3. The Morgan fingerprint density at radius 2 is 1.53 bits per heavy atom. The standard InChI is InChI=1S/C38H52N4O3/c1-34-16-7-17-35(2,30(34)14-11-24-9-12-26(40)21-28(24)34)32(44)42(6)33(45)37(4)19-8-18-36(3)29-22-27(41-31(43)23-39)13-10-25(29)15-20-38(36,37)5/h9-10,12-13,21-22,30H,7-8,11,14-20,23,39-40H2,1-6H3,(H,41,43)/t30-,34-,35+,36-,37-,38-/m1/s1. The van der Waals surface area contributed by atoms with Gasteiger partial charge in [-0.25, -0.2) is 0 Å². The Balaban J connectivity index is 1.33. The van der Waals surface area contributed by atoms with E-state index in [-0.39, 0.29) is 46.4 Å². The van der Waals surface area contributed by atoms with Crippen LogP contribution in [0.3, 0.4) is 0 Å². The van der Waals surface area contributed by atoms with Gasteiger partial charge in [0.2, 0.25) is 17.7 Å². The molecule has 45 heavy (non-hydrogen) atoms. The van der Waals surface area contributed by atoms with E-state index in [1.807, 2.05) is 12.1 Å². The van der Waals surface area contributed by atoms with E-state index in [0.717, 1.165) is 75.6 Å². The van der Waals surface area contributed by atoms with Crippen molar-refractivity contribution in [2.75, 3.05) is 24.6 Å². The van der Waals surface area contributed by atoms with Crippen molar-refractivity contribution in [3.05, 3.63) is 58.7 Å². The number of nitrogens with two attached hydrogens (primary N) is 2. The van der Waals surface area contributed by atoms with Gasteiger partial charge in [-0.2, -0.15) is 0 Å². The molecule has 0 spiro atoms. The number of anilines is 2. The zero-order valence-corrected chi connectivity index (χ0v) is 28.1. The highest BCUT2D eigenvalue weighted by Crippen LogP contribution is 2.66. The monoisotopic (exact) mass is 612 g/mol. The molecule has 0 aliphatic heterocycles. The van der Waals surface area contributed by atoms with Crippen LogP contribution in [0.15, 0.2) is 36.4 Å². The maximum atomic E-state index is 14.9. The first-order chi connectivity index (χ1) is 21.1. The zero-order valence-electron chi connectivity index (χ0n) is 28.1. The Labute approximate surface area is 268 Å². The van der Waals surface area contributed by atoms with Crippen LogP contribution in [-0.2, 0) is 38.1 Å². The molecule has 242 valence electrons. The molecule has 2 aromatic rings. The van der Waals surface area contributed by atoms with E-state index in [2.05, 4.69) is 64.2 Å². The van der Waals surface area contributed by atoms with Gasteiger partial charge in [0.25, 0.3) is 0 Å². The van der Waals surface area contributed by atoms with Gasteiger partial charge in [0.1, 0.15) is 0 Å². The van der Waals surface area contributed by atoms with Crippen molar-refractivity contribution in [2.45, 2.75) is 110 Å². The maximum Gasteiger partial charge on any atom is 0.238 e. The molecule has 7 nitrogen and oxygen atoms in total. The molecule has 0 radical (unpaired) electrons. The molecule has 0 unspecified atom stereocenters. The predicted octanol–water partition coefficient (Wildman–Crippen LogP) is 6.26. The summed E-state index contributed by atoms with van der Waals surface area (Å²) >= 11 is 0. The van der Waals surface area contributed by atoms with Gasteiger partial charge in [-0.3, -0.25) is 19.3 Å². The van der Waals surface area contributed by atoms with Crippen LogP contribution in [0.2, 0.25) is 0 Å². The molecular weight excluding hydrogens is 560 g/mol. The minimum atomic E-state index is -0.722. The molecule has 6 atom stereocenters. The van der Waals surface area contributed by atoms with Crippen molar-refractivity contribution in [3.63, 3.8) is 0 Å². The Hall–Kier alpha value is -3.19. The highest BCUT2D eigenvalue weighted by Gasteiger charge is 2.65. The van der Waals surface area contributed by atoms with Crippen LogP contribution in [0.5, 0.6) is 0 Å². The third-order valence-corrected chi connectivity index (χ3v) is 13.8.